The summed E-state index contributed by atoms with van der Waals surface area (Å²) < 4.78 is 0. The number of anilines is 2. The van der Waals surface area contributed by atoms with E-state index in [2.05, 4.69) is 15.5 Å². The minimum Gasteiger partial charge on any atom is -0.372 e. The largest absolute Gasteiger partial charge is 0.372 e. The minimum absolute atomic E-state index is 0.326. The van der Waals surface area contributed by atoms with Crippen LogP contribution in [-0.4, -0.2) is 42.4 Å². The molecule has 2 aliphatic rings. The van der Waals surface area contributed by atoms with Gasteiger partial charge in [0.05, 0.1) is 0 Å². The smallest absolute Gasteiger partial charge is 0.325 e. The molecule has 1 unspecified atom stereocenters. The van der Waals surface area contributed by atoms with Crippen molar-refractivity contribution in [2.75, 3.05) is 29.9 Å². The second kappa shape index (κ2) is 8.18. The second-order valence-electron chi connectivity index (χ2n) is 7.74. The molecule has 7 nitrogen and oxygen atoms in total. The summed E-state index contributed by atoms with van der Waals surface area (Å²) in [6.07, 6.45) is 2.80. The van der Waals surface area contributed by atoms with Gasteiger partial charge in [-0.1, -0.05) is 37.3 Å². The van der Waals surface area contributed by atoms with Crippen molar-refractivity contribution in [3.05, 3.63) is 60.2 Å². The normalized spacial score (nSPS) is 21.1. The number of hydrogen-bond acceptors (Lipinski definition) is 4. The second-order valence-corrected chi connectivity index (χ2v) is 7.74. The van der Waals surface area contributed by atoms with Crippen molar-refractivity contribution in [1.29, 1.82) is 0 Å². The number of carbonyl (C=O) groups is 3. The van der Waals surface area contributed by atoms with E-state index in [0.29, 0.717) is 17.7 Å². The van der Waals surface area contributed by atoms with Gasteiger partial charge in [0, 0.05) is 24.5 Å². The summed E-state index contributed by atoms with van der Waals surface area (Å²) in [5, 5.41) is 5.57. The molecule has 2 aromatic carbocycles. The fraction of sp³-hybridized carbons (Fsp3) is 0.348. The van der Waals surface area contributed by atoms with Crippen molar-refractivity contribution >= 4 is 29.2 Å². The predicted molar refractivity (Wildman–Crippen MR) is 115 cm³/mol. The van der Waals surface area contributed by atoms with Gasteiger partial charge >= 0.3 is 6.03 Å². The van der Waals surface area contributed by atoms with Crippen LogP contribution >= 0.6 is 0 Å². The molecular weight excluding hydrogens is 380 g/mol. The third-order valence-corrected chi connectivity index (χ3v) is 5.90. The van der Waals surface area contributed by atoms with Gasteiger partial charge in [-0.3, -0.25) is 14.5 Å². The van der Waals surface area contributed by atoms with Crippen LogP contribution in [0.3, 0.4) is 0 Å². The van der Waals surface area contributed by atoms with Crippen LogP contribution in [0.25, 0.3) is 0 Å². The lowest BCUT2D eigenvalue weighted by Crippen LogP contribution is -2.44. The molecule has 4 rings (SSSR count). The molecule has 2 saturated heterocycles. The Bertz CT molecular complexity index is 939. The highest BCUT2D eigenvalue weighted by molar-refractivity contribution is 6.10. The molecule has 2 fully saturated rings. The van der Waals surface area contributed by atoms with E-state index in [1.54, 1.807) is 0 Å². The molecule has 2 aliphatic heterocycles. The predicted octanol–water partition coefficient (Wildman–Crippen LogP) is 3.08. The highest BCUT2D eigenvalue weighted by Gasteiger charge is 2.51. The molecule has 0 aliphatic carbocycles. The molecule has 0 bridgehead atoms. The van der Waals surface area contributed by atoms with Crippen molar-refractivity contribution in [3.8, 4) is 0 Å². The summed E-state index contributed by atoms with van der Waals surface area (Å²) in [5.74, 6) is -0.812. The maximum absolute atomic E-state index is 13.1. The topological polar surface area (TPSA) is 81.8 Å². The first-order chi connectivity index (χ1) is 14.5. The average molecular weight is 406 g/mol. The van der Waals surface area contributed by atoms with E-state index in [4.69, 9.17) is 0 Å². The lowest BCUT2D eigenvalue weighted by atomic mass is 9.87. The summed E-state index contributed by atoms with van der Waals surface area (Å²) >= 11 is 0. The van der Waals surface area contributed by atoms with Gasteiger partial charge in [0.25, 0.3) is 5.91 Å². The lowest BCUT2D eigenvalue weighted by Gasteiger charge is -2.25. The fourth-order valence-electron chi connectivity index (χ4n) is 4.21. The van der Waals surface area contributed by atoms with Crippen LogP contribution in [0.4, 0.5) is 16.2 Å². The van der Waals surface area contributed by atoms with E-state index in [9.17, 15) is 14.4 Å². The van der Waals surface area contributed by atoms with Crippen LogP contribution in [0.2, 0.25) is 0 Å². The van der Waals surface area contributed by atoms with Crippen molar-refractivity contribution in [1.82, 2.24) is 10.2 Å². The van der Waals surface area contributed by atoms with Crippen LogP contribution in [0, 0.1) is 0 Å². The van der Waals surface area contributed by atoms with E-state index in [-0.39, 0.29) is 6.54 Å². The molecular formula is C23H26N4O3. The van der Waals surface area contributed by atoms with E-state index in [1.165, 1.54) is 12.8 Å². The first-order valence-corrected chi connectivity index (χ1v) is 10.4. The van der Waals surface area contributed by atoms with Crippen molar-refractivity contribution < 1.29 is 14.4 Å². The highest BCUT2D eigenvalue weighted by Crippen LogP contribution is 2.32. The summed E-state index contributed by atoms with van der Waals surface area (Å²) in [6.45, 7) is 3.63. The molecule has 0 spiro atoms. The number of hydrogen-bond donors (Lipinski definition) is 2. The van der Waals surface area contributed by atoms with Gasteiger partial charge in [0.1, 0.15) is 12.1 Å². The SMILES string of the molecule is CCC1(c2ccccc2)NC(=O)N(CC(=O)Nc2ccc(N3CCCC3)cc2)C1=O. The molecule has 1 atom stereocenters. The summed E-state index contributed by atoms with van der Waals surface area (Å²) in [5.41, 5.74) is 1.36. The standard InChI is InChI=1S/C23H26N4O3/c1-2-23(17-8-4-3-5-9-17)21(29)27(22(30)25-23)16-20(28)24-18-10-12-19(13-11-18)26-14-6-7-15-26/h3-5,8-13H,2,6-7,14-16H2,1H3,(H,24,28)(H,25,30). The lowest BCUT2D eigenvalue weighted by molar-refractivity contribution is -0.134. The number of rotatable bonds is 6. The number of nitrogens with one attached hydrogen (secondary N) is 2. The zero-order chi connectivity index (χ0) is 21.1. The first kappa shape index (κ1) is 19.9. The number of nitrogens with zero attached hydrogens (tertiary/aromatic N) is 2. The fourth-order valence-corrected chi connectivity index (χ4v) is 4.21. The minimum atomic E-state index is -1.13. The first-order valence-electron chi connectivity index (χ1n) is 10.4. The van der Waals surface area contributed by atoms with Crippen LogP contribution < -0.4 is 15.5 Å². The Balaban J connectivity index is 1.43. The Hall–Kier alpha value is -3.35. The summed E-state index contributed by atoms with van der Waals surface area (Å²) in [6, 6.07) is 16.2. The molecule has 156 valence electrons. The van der Waals surface area contributed by atoms with E-state index in [1.807, 2.05) is 61.5 Å². The summed E-state index contributed by atoms with van der Waals surface area (Å²) in [7, 11) is 0. The average Bonchev–Trinajstić information content (AvgIpc) is 3.38. The van der Waals surface area contributed by atoms with Crippen molar-refractivity contribution in [2.24, 2.45) is 0 Å². The van der Waals surface area contributed by atoms with Gasteiger partial charge in [-0.15, -0.1) is 0 Å². The Kier molecular flexibility index (Phi) is 5.44. The third kappa shape index (κ3) is 3.63. The van der Waals surface area contributed by atoms with Crippen LogP contribution in [-0.2, 0) is 15.1 Å². The Morgan fingerprint density at radius 2 is 1.70 bits per heavy atom. The molecule has 0 saturated carbocycles. The van der Waals surface area contributed by atoms with Crippen molar-refractivity contribution in [3.63, 3.8) is 0 Å². The zero-order valence-corrected chi connectivity index (χ0v) is 17.1. The molecule has 2 aromatic rings. The van der Waals surface area contributed by atoms with Crippen LogP contribution in [0.5, 0.6) is 0 Å². The van der Waals surface area contributed by atoms with Gasteiger partial charge in [0.2, 0.25) is 5.91 Å². The number of urea groups is 1. The monoisotopic (exact) mass is 406 g/mol. The Morgan fingerprint density at radius 3 is 2.33 bits per heavy atom. The van der Waals surface area contributed by atoms with Crippen LogP contribution in [0.1, 0.15) is 31.7 Å². The molecule has 0 aromatic heterocycles. The maximum Gasteiger partial charge on any atom is 0.325 e. The van der Waals surface area contributed by atoms with Crippen LogP contribution in [0.15, 0.2) is 54.6 Å². The van der Waals surface area contributed by atoms with Gasteiger partial charge in [-0.05, 0) is 49.1 Å². The molecule has 2 heterocycles. The molecule has 4 amide bonds. The van der Waals surface area contributed by atoms with Crippen molar-refractivity contribution in [2.45, 2.75) is 31.7 Å². The zero-order valence-electron chi connectivity index (χ0n) is 17.1. The molecule has 7 heteroatoms. The summed E-state index contributed by atoms with van der Waals surface area (Å²) in [4.78, 5) is 41.5. The van der Waals surface area contributed by atoms with Gasteiger partial charge < -0.3 is 15.5 Å². The number of imide groups is 1. The van der Waals surface area contributed by atoms with E-state index < -0.39 is 23.4 Å². The Labute approximate surface area is 176 Å². The number of benzene rings is 2. The molecule has 30 heavy (non-hydrogen) atoms. The van der Waals surface area contributed by atoms with E-state index in [0.717, 1.165) is 23.7 Å². The maximum atomic E-state index is 13.1. The number of carbonyl (C=O) groups excluding carboxylic acids is 3. The Morgan fingerprint density at radius 1 is 1.03 bits per heavy atom. The van der Waals surface area contributed by atoms with Gasteiger partial charge in [0.15, 0.2) is 0 Å². The number of amides is 4. The van der Waals surface area contributed by atoms with Gasteiger partial charge in [-0.25, -0.2) is 4.79 Å². The van der Waals surface area contributed by atoms with Gasteiger partial charge in [-0.2, -0.15) is 0 Å². The highest BCUT2D eigenvalue weighted by atomic mass is 16.2. The quantitative estimate of drug-likeness (QED) is 0.723. The molecule has 2 N–H and O–H groups in total. The molecule has 0 radical (unpaired) electrons. The third-order valence-electron chi connectivity index (χ3n) is 5.90. The van der Waals surface area contributed by atoms with E-state index >= 15 is 0 Å².